The second-order valence-corrected chi connectivity index (χ2v) is 8.42. The maximum Gasteiger partial charge on any atom is 0.242 e. The lowest BCUT2D eigenvalue weighted by atomic mass is 10.0. The van der Waals surface area contributed by atoms with E-state index in [1.165, 1.54) is 11.6 Å². The lowest BCUT2D eigenvalue weighted by molar-refractivity contribution is 0.0177. The molecular formula is C19H23ClN2O3S. The van der Waals surface area contributed by atoms with Crippen LogP contribution in [0.2, 0.25) is 5.02 Å². The molecule has 1 unspecified atom stereocenters. The normalized spacial score (nSPS) is 17.1. The Balaban J connectivity index is 1.73. The topological polar surface area (TPSA) is 58.6 Å². The van der Waals surface area contributed by atoms with Crippen molar-refractivity contribution in [1.82, 2.24) is 9.62 Å². The number of hydrogen-bond acceptors (Lipinski definition) is 4. The summed E-state index contributed by atoms with van der Waals surface area (Å²) in [5, 5.41) is 0.228. The maximum atomic E-state index is 12.7. The van der Waals surface area contributed by atoms with Gasteiger partial charge in [-0.25, -0.2) is 13.1 Å². The molecule has 0 aromatic heterocycles. The first kappa shape index (κ1) is 19.3. The van der Waals surface area contributed by atoms with Crippen molar-refractivity contribution in [2.75, 3.05) is 32.8 Å². The minimum absolute atomic E-state index is 0.0542. The summed E-state index contributed by atoms with van der Waals surface area (Å²) in [6.07, 6.45) is 0.770. The molecule has 3 rings (SSSR count). The van der Waals surface area contributed by atoms with Crippen LogP contribution >= 0.6 is 11.6 Å². The standard InChI is InChI=1S/C19H23ClN2O3S/c20-18-8-4-5-9-19(18)26(23,24)21-15-17(22-10-12-25-13-11-22)14-16-6-2-1-3-7-16/h1-9,17,21H,10-15H2. The fourth-order valence-electron chi connectivity index (χ4n) is 3.11. The van der Waals surface area contributed by atoms with Crippen LogP contribution in [-0.2, 0) is 21.2 Å². The zero-order chi connectivity index (χ0) is 18.4. The zero-order valence-electron chi connectivity index (χ0n) is 14.5. The predicted octanol–water partition coefficient (Wildman–Crippen LogP) is 2.56. The number of hydrogen-bond donors (Lipinski definition) is 1. The first-order chi connectivity index (χ1) is 12.6. The molecule has 2 aromatic rings. The van der Waals surface area contributed by atoms with E-state index < -0.39 is 10.0 Å². The molecule has 2 aromatic carbocycles. The van der Waals surface area contributed by atoms with Crippen LogP contribution in [0.4, 0.5) is 0 Å². The van der Waals surface area contributed by atoms with Crippen molar-refractivity contribution in [1.29, 1.82) is 0 Å². The summed E-state index contributed by atoms with van der Waals surface area (Å²) in [5.74, 6) is 0. The molecule has 1 atom stereocenters. The molecule has 1 N–H and O–H groups in total. The Bertz CT molecular complexity index is 809. The van der Waals surface area contributed by atoms with E-state index in [1.807, 2.05) is 18.2 Å². The highest BCUT2D eigenvalue weighted by Gasteiger charge is 2.24. The van der Waals surface area contributed by atoms with Crippen molar-refractivity contribution in [2.45, 2.75) is 17.4 Å². The van der Waals surface area contributed by atoms with Crippen LogP contribution in [0.3, 0.4) is 0 Å². The van der Waals surface area contributed by atoms with Crippen molar-refractivity contribution < 1.29 is 13.2 Å². The predicted molar refractivity (Wildman–Crippen MR) is 103 cm³/mol. The summed E-state index contributed by atoms with van der Waals surface area (Å²) in [6, 6.07) is 16.7. The number of sulfonamides is 1. The molecule has 0 bridgehead atoms. The quantitative estimate of drug-likeness (QED) is 0.784. The molecule has 0 saturated carbocycles. The van der Waals surface area contributed by atoms with Crippen LogP contribution in [0.25, 0.3) is 0 Å². The van der Waals surface area contributed by atoms with Gasteiger partial charge in [-0.3, -0.25) is 4.90 Å². The van der Waals surface area contributed by atoms with Crippen LogP contribution in [0.5, 0.6) is 0 Å². The highest BCUT2D eigenvalue weighted by molar-refractivity contribution is 7.89. The Morgan fingerprint density at radius 3 is 2.38 bits per heavy atom. The van der Waals surface area contributed by atoms with E-state index in [1.54, 1.807) is 18.2 Å². The largest absolute Gasteiger partial charge is 0.379 e. The lowest BCUT2D eigenvalue weighted by Crippen LogP contribution is -2.49. The first-order valence-corrected chi connectivity index (χ1v) is 10.5. The molecule has 26 heavy (non-hydrogen) atoms. The fourth-order valence-corrected chi connectivity index (χ4v) is 4.70. The van der Waals surface area contributed by atoms with Gasteiger partial charge in [0.15, 0.2) is 0 Å². The van der Waals surface area contributed by atoms with Gasteiger partial charge >= 0.3 is 0 Å². The highest BCUT2D eigenvalue weighted by atomic mass is 35.5. The molecule has 0 spiro atoms. The molecule has 0 amide bonds. The third-order valence-electron chi connectivity index (χ3n) is 4.51. The third kappa shape index (κ3) is 5.05. The van der Waals surface area contributed by atoms with E-state index in [9.17, 15) is 8.42 Å². The van der Waals surface area contributed by atoms with Crippen LogP contribution < -0.4 is 4.72 Å². The second kappa shape index (κ2) is 8.97. The summed E-state index contributed by atoms with van der Waals surface area (Å²) in [6.45, 7) is 3.25. The molecule has 5 nitrogen and oxygen atoms in total. The Hall–Kier alpha value is -1.44. The molecule has 140 valence electrons. The molecule has 1 fully saturated rings. The minimum atomic E-state index is -3.66. The van der Waals surface area contributed by atoms with Crippen LogP contribution in [-0.4, -0.2) is 52.2 Å². The van der Waals surface area contributed by atoms with Gasteiger partial charge in [0.2, 0.25) is 10.0 Å². The molecule has 0 radical (unpaired) electrons. The molecule has 1 aliphatic rings. The smallest absolute Gasteiger partial charge is 0.242 e. The summed E-state index contributed by atoms with van der Waals surface area (Å²) >= 11 is 6.06. The SMILES string of the molecule is O=S(=O)(NCC(Cc1ccccc1)N1CCOCC1)c1ccccc1Cl. The molecule has 1 aliphatic heterocycles. The Kier molecular flexibility index (Phi) is 6.67. The van der Waals surface area contributed by atoms with Crippen LogP contribution in [0.15, 0.2) is 59.5 Å². The summed E-state index contributed by atoms with van der Waals surface area (Å²) in [5.41, 5.74) is 1.18. The van der Waals surface area contributed by atoms with E-state index in [2.05, 4.69) is 21.8 Å². The summed E-state index contributed by atoms with van der Waals surface area (Å²) < 4.78 is 33.5. The van der Waals surface area contributed by atoms with Crippen LogP contribution in [0.1, 0.15) is 5.56 Å². The number of nitrogens with one attached hydrogen (secondary N) is 1. The first-order valence-electron chi connectivity index (χ1n) is 8.66. The van der Waals surface area contributed by atoms with Crippen molar-refractivity contribution in [3.05, 3.63) is 65.2 Å². The zero-order valence-corrected chi connectivity index (χ0v) is 16.0. The van der Waals surface area contributed by atoms with Gasteiger partial charge in [0, 0.05) is 25.7 Å². The number of benzene rings is 2. The maximum absolute atomic E-state index is 12.7. The second-order valence-electron chi connectivity index (χ2n) is 6.27. The van der Waals surface area contributed by atoms with Gasteiger partial charge in [0.1, 0.15) is 4.90 Å². The summed E-state index contributed by atoms with van der Waals surface area (Å²) in [7, 11) is -3.66. The number of nitrogens with zero attached hydrogens (tertiary/aromatic N) is 1. The summed E-state index contributed by atoms with van der Waals surface area (Å²) in [4.78, 5) is 2.40. The van der Waals surface area contributed by atoms with Crippen molar-refractivity contribution >= 4 is 21.6 Å². The number of halogens is 1. The van der Waals surface area contributed by atoms with Gasteiger partial charge in [-0.2, -0.15) is 0 Å². The Morgan fingerprint density at radius 1 is 1.04 bits per heavy atom. The number of rotatable bonds is 7. The van der Waals surface area contributed by atoms with E-state index in [-0.39, 0.29) is 16.0 Å². The van der Waals surface area contributed by atoms with Gasteiger partial charge in [0.05, 0.1) is 18.2 Å². The minimum Gasteiger partial charge on any atom is -0.379 e. The van der Waals surface area contributed by atoms with Gasteiger partial charge in [-0.05, 0) is 24.1 Å². The molecule has 7 heteroatoms. The third-order valence-corrected chi connectivity index (χ3v) is 6.43. The van der Waals surface area contributed by atoms with E-state index in [0.29, 0.717) is 19.8 Å². The Labute approximate surface area is 160 Å². The van der Waals surface area contributed by atoms with Crippen molar-refractivity contribution in [2.24, 2.45) is 0 Å². The lowest BCUT2D eigenvalue weighted by Gasteiger charge is -2.34. The van der Waals surface area contributed by atoms with Crippen molar-refractivity contribution in [3.8, 4) is 0 Å². The molecule has 1 heterocycles. The molecule has 0 aliphatic carbocycles. The van der Waals surface area contributed by atoms with Crippen molar-refractivity contribution in [3.63, 3.8) is 0 Å². The Morgan fingerprint density at radius 2 is 1.69 bits per heavy atom. The van der Waals surface area contributed by atoms with E-state index >= 15 is 0 Å². The van der Waals surface area contributed by atoms with E-state index in [4.69, 9.17) is 16.3 Å². The molecule has 1 saturated heterocycles. The molecular weight excluding hydrogens is 372 g/mol. The fraction of sp³-hybridized carbons (Fsp3) is 0.368. The van der Waals surface area contributed by atoms with E-state index in [0.717, 1.165) is 19.5 Å². The highest BCUT2D eigenvalue weighted by Crippen LogP contribution is 2.20. The average Bonchev–Trinajstić information content (AvgIpc) is 2.67. The monoisotopic (exact) mass is 394 g/mol. The number of ether oxygens (including phenoxy) is 1. The van der Waals surface area contributed by atoms with Gasteiger partial charge < -0.3 is 4.74 Å². The average molecular weight is 395 g/mol. The van der Waals surface area contributed by atoms with Gasteiger partial charge in [0.25, 0.3) is 0 Å². The van der Waals surface area contributed by atoms with Gasteiger partial charge in [-0.1, -0.05) is 54.1 Å². The van der Waals surface area contributed by atoms with Gasteiger partial charge in [-0.15, -0.1) is 0 Å². The van der Waals surface area contributed by atoms with Crippen LogP contribution in [0, 0.1) is 0 Å². The number of morpholine rings is 1.